The minimum Gasteiger partial charge on any atom is -0.508 e. The van der Waals surface area contributed by atoms with E-state index in [-0.39, 0.29) is 35.3 Å². The zero-order valence-electron chi connectivity index (χ0n) is 9.26. The van der Waals surface area contributed by atoms with E-state index in [0.29, 0.717) is 6.61 Å². The Morgan fingerprint density at radius 1 is 0.875 bits per heavy atom. The Hall–Kier alpha value is -0.960. The van der Waals surface area contributed by atoms with Gasteiger partial charge in [-0.3, -0.25) is 0 Å². The summed E-state index contributed by atoms with van der Waals surface area (Å²) in [5.74, 6) is 1.01. The van der Waals surface area contributed by atoms with Crippen LogP contribution in [0, 0.1) is 0 Å². The monoisotopic (exact) mass is 223 g/mol. The quantitative estimate of drug-likeness (QED) is 0.810. The molecule has 2 aromatic rings. The molecular weight excluding hydrogens is 211 g/mol. The van der Waals surface area contributed by atoms with Crippen molar-refractivity contribution in [3.05, 3.63) is 60.2 Å². The fourth-order valence-electron chi connectivity index (χ4n) is 1.28. The molecule has 0 aliphatic carbocycles. The predicted octanol–water partition coefficient (Wildman–Crippen LogP) is 2.59. The van der Waals surface area contributed by atoms with Gasteiger partial charge in [-0.15, -0.1) is 0 Å². The maximum absolute atomic E-state index is 9.09. The second-order valence-corrected chi connectivity index (χ2v) is 3.27. The van der Waals surface area contributed by atoms with Crippen molar-refractivity contribution in [1.82, 2.24) is 0 Å². The molecule has 1 N–H and O–H groups in total. The molecule has 2 nitrogen and oxygen atoms in total. The molecule has 0 heterocycles. The molecule has 0 bridgehead atoms. The molecule has 1 radical (unpaired) electrons. The van der Waals surface area contributed by atoms with Crippen LogP contribution < -0.4 is 4.74 Å². The van der Waals surface area contributed by atoms with Gasteiger partial charge >= 0.3 is 0 Å². The van der Waals surface area contributed by atoms with Crippen molar-refractivity contribution in [2.24, 2.45) is 0 Å². The van der Waals surface area contributed by atoms with Gasteiger partial charge in [0.2, 0.25) is 0 Å². The van der Waals surface area contributed by atoms with Gasteiger partial charge in [0.1, 0.15) is 18.1 Å². The Morgan fingerprint density at radius 2 is 1.50 bits per heavy atom. The molecule has 0 aliphatic heterocycles. The predicted molar refractivity (Wildman–Crippen MR) is 64.6 cm³/mol. The third-order valence-corrected chi connectivity index (χ3v) is 2.09. The maximum atomic E-state index is 9.09. The number of phenolic OH excluding ortho intramolecular Hbond substituents is 1. The van der Waals surface area contributed by atoms with E-state index in [1.54, 1.807) is 24.3 Å². The standard InChI is InChI=1S/C13H12O2.Na/c14-12-6-8-13(9-7-12)15-10-11-4-2-1-3-5-11;/h1-9,14H,10H2;. The molecule has 2 rings (SSSR count). The van der Waals surface area contributed by atoms with Crippen molar-refractivity contribution in [2.75, 3.05) is 0 Å². The molecule has 2 aromatic carbocycles. The van der Waals surface area contributed by atoms with Crippen LogP contribution >= 0.6 is 0 Å². The van der Waals surface area contributed by atoms with E-state index in [9.17, 15) is 0 Å². The third kappa shape index (κ3) is 3.89. The summed E-state index contributed by atoms with van der Waals surface area (Å²) in [6.45, 7) is 0.547. The number of aromatic hydroxyl groups is 1. The van der Waals surface area contributed by atoms with Gasteiger partial charge < -0.3 is 9.84 Å². The SMILES string of the molecule is Oc1ccc(OCc2ccccc2)cc1.[Na]. The molecule has 0 fully saturated rings. The number of hydrogen-bond donors (Lipinski definition) is 1. The van der Waals surface area contributed by atoms with Crippen molar-refractivity contribution in [3.63, 3.8) is 0 Å². The largest absolute Gasteiger partial charge is 0.508 e. The van der Waals surface area contributed by atoms with Crippen LogP contribution in [0.4, 0.5) is 0 Å². The molecule has 0 spiro atoms. The van der Waals surface area contributed by atoms with Gasteiger partial charge in [-0.2, -0.15) is 0 Å². The van der Waals surface area contributed by atoms with Gasteiger partial charge in [0.15, 0.2) is 0 Å². The van der Waals surface area contributed by atoms with Crippen LogP contribution in [0.5, 0.6) is 11.5 Å². The summed E-state index contributed by atoms with van der Waals surface area (Å²) in [5.41, 5.74) is 1.13. The smallest absolute Gasteiger partial charge is 0.120 e. The van der Waals surface area contributed by atoms with Gasteiger partial charge in [0, 0.05) is 29.6 Å². The van der Waals surface area contributed by atoms with Crippen molar-refractivity contribution >= 4 is 29.6 Å². The van der Waals surface area contributed by atoms with Crippen molar-refractivity contribution < 1.29 is 9.84 Å². The summed E-state index contributed by atoms with van der Waals surface area (Å²) in [6, 6.07) is 16.7. The van der Waals surface area contributed by atoms with E-state index in [4.69, 9.17) is 9.84 Å². The van der Waals surface area contributed by atoms with Crippen LogP contribution in [0.1, 0.15) is 5.56 Å². The average molecular weight is 223 g/mol. The minimum absolute atomic E-state index is 0. The van der Waals surface area contributed by atoms with E-state index in [0.717, 1.165) is 11.3 Å². The second-order valence-electron chi connectivity index (χ2n) is 3.27. The van der Waals surface area contributed by atoms with Gasteiger partial charge in [0.05, 0.1) is 0 Å². The van der Waals surface area contributed by atoms with E-state index in [1.165, 1.54) is 0 Å². The van der Waals surface area contributed by atoms with Crippen LogP contribution in [0.25, 0.3) is 0 Å². The van der Waals surface area contributed by atoms with Gasteiger partial charge in [0.25, 0.3) is 0 Å². The maximum Gasteiger partial charge on any atom is 0.120 e. The van der Waals surface area contributed by atoms with Crippen molar-refractivity contribution in [1.29, 1.82) is 0 Å². The summed E-state index contributed by atoms with van der Waals surface area (Å²) in [5, 5.41) is 9.09. The second kappa shape index (κ2) is 6.59. The van der Waals surface area contributed by atoms with E-state index in [2.05, 4.69) is 0 Å². The molecule has 0 unspecified atom stereocenters. The normalized spacial score (nSPS) is 9.25. The zero-order valence-corrected chi connectivity index (χ0v) is 11.3. The molecule has 77 valence electrons. The molecule has 0 aromatic heterocycles. The van der Waals surface area contributed by atoms with Crippen LogP contribution in [0.3, 0.4) is 0 Å². The molecule has 0 aliphatic rings. The Bertz CT molecular complexity index is 412. The minimum atomic E-state index is 0. The van der Waals surface area contributed by atoms with Gasteiger partial charge in [-0.1, -0.05) is 30.3 Å². The number of rotatable bonds is 3. The van der Waals surface area contributed by atoms with E-state index in [1.807, 2.05) is 30.3 Å². The first-order valence-electron chi connectivity index (χ1n) is 4.80. The van der Waals surface area contributed by atoms with Crippen LogP contribution in [-0.4, -0.2) is 34.7 Å². The average Bonchev–Trinajstić information content (AvgIpc) is 2.30. The topological polar surface area (TPSA) is 29.5 Å². The first-order valence-corrected chi connectivity index (χ1v) is 4.80. The number of benzene rings is 2. The van der Waals surface area contributed by atoms with E-state index >= 15 is 0 Å². The molecule has 0 saturated carbocycles. The Kier molecular flexibility index (Phi) is 5.39. The van der Waals surface area contributed by atoms with Crippen molar-refractivity contribution in [3.8, 4) is 11.5 Å². The number of hydrogen-bond acceptors (Lipinski definition) is 2. The fourth-order valence-corrected chi connectivity index (χ4v) is 1.28. The van der Waals surface area contributed by atoms with E-state index < -0.39 is 0 Å². The molecular formula is C13H12NaO2. The molecule has 0 atom stereocenters. The zero-order chi connectivity index (χ0) is 10.5. The van der Waals surface area contributed by atoms with Gasteiger partial charge in [-0.25, -0.2) is 0 Å². The Labute approximate surface area is 117 Å². The summed E-state index contributed by atoms with van der Waals surface area (Å²) >= 11 is 0. The molecule has 0 amide bonds. The molecule has 3 heteroatoms. The summed E-state index contributed by atoms with van der Waals surface area (Å²) in [6.07, 6.45) is 0. The van der Waals surface area contributed by atoms with Crippen LogP contribution in [0.2, 0.25) is 0 Å². The fraction of sp³-hybridized carbons (Fsp3) is 0.0769. The third-order valence-electron chi connectivity index (χ3n) is 2.09. The molecule has 16 heavy (non-hydrogen) atoms. The Balaban J connectivity index is 0.00000128. The van der Waals surface area contributed by atoms with Gasteiger partial charge in [-0.05, 0) is 29.8 Å². The Morgan fingerprint density at radius 3 is 2.12 bits per heavy atom. The first-order chi connectivity index (χ1) is 7.34. The van der Waals surface area contributed by atoms with Crippen molar-refractivity contribution in [2.45, 2.75) is 6.61 Å². The number of ether oxygens (including phenoxy) is 1. The summed E-state index contributed by atoms with van der Waals surface area (Å²) < 4.78 is 5.54. The number of phenols is 1. The van der Waals surface area contributed by atoms with Crippen LogP contribution in [-0.2, 0) is 6.61 Å². The summed E-state index contributed by atoms with van der Waals surface area (Å²) in [4.78, 5) is 0. The summed E-state index contributed by atoms with van der Waals surface area (Å²) in [7, 11) is 0. The van der Waals surface area contributed by atoms with Crippen LogP contribution in [0.15, 0.2) is 54.6 Å². The first kappa shape index (κ1) is 13.1. The molecule has 0 saturated heterocycles.